The van der Waals surface area contributed by atoms with Gasteiger partial charge in [-0.1, -0.05) is 38.5 Å². The summed E-state index contributed by atoms with van der Waals surface area (Å²) in [5.74, 6) is 1.77. The van der Waals surface area contributed by atoms with Gasteiger partial charge in [-0.3, -0.25) is 0 Å². The Hall–Kier alpha value is -0.470. The lowest BCUT2D eigenvalue weighted by atomic mass is 10.0. The van der Waals surface area contributed by atoms with Crippen LogP contribution in [0.15, 0.2) is 35.2 Å². The molecule has 0 aliphatic carbocycles. The first-order chi connectivity index (χ1) is 7.22. The minimum absolute atomic E-state index is 0.324. The number of nitrogens with two attached hydrogens (primary N) is 1. The van der Waals surface area contributed by atoms with Crippen LogP contribution in [0.4, 0.5) is 0 Å². The summed E-state index contributed by atoms with van der Waals surface area (Å²) in [7, 11) is 0. The summed E-state index contributed by atoms with van der Waals surface area (Å²) in [6.45, 7) is 4.49. The summed E-state index contributed by atoms with van der Waals surface area (Å²) < 4.78 is 0. The van der Waals surface area contributed by atoms with E-state index in [4.69, 9.17) is 5.73 Å². The van der Waals surface area contributed by atoms with Gasteiger partial charge in [0, 0.05) is 16.7 Å². The van der Waals surface area contributed by atoms with Gasteiger partial charge in [0.05, 0.1) is 0 Å². The summed E-state index contributed by atoms with van der Waals surface area (Å²) in [5, 5.41) is 0. The zero-order valence-corrected chi connectivity index (χ0v) is 10.5. The highest BCUT2D eigenvalue weighted by Crippen LogP contribution is 2.19. The van der Waals surface area contributed by atoms with Crippen molar-refractivity contribution in [3.63, 3.8) is 0 Å². The molecule has 2 N–H and O–H groups in total. The second kappa shape index (κ2) is 6.91. The van der Waals surface area contributed by atoms with E-state index < -0.39 is 0 Å². The molecule has 0 fully saturated rings. The summed E-state index contributed by atoms with van der Waals surface area (Å²) in [6, 6.07) is 10.8. The SMILES string of the molecule is CCC(C)CC(N)CSc1ccccc1. The molecular weight excluding hydrogens is 202 g/mol. The van der Waals surface area contributed by atoms with Crippen molar-refractivity contribution < 1.29 is 0 Å². The Morgan fingerprint density at radius 3 is 2.53 bits per heavy atom. The van der Waals surface area contributed by atoms with Crippen LogP contribution in [0.1, 0.15) is 26.7 Å². The molecule has 1 rings (SSSR count). The summed E-state index contributed by atoms with van der Waals surface area (Å²) in [5.41, 5.74) is 6.08. The van der Waals surface area contributed by atoms with E-state index in [0.717, 1.165) is 18.1 Å². The van der Waals surface area contributed by atoms with Crippen LogP contribution in [0.25, 0.3) is 0 Å². The van der Waals surface area contributed by atoms with E-state index in [1.54, 1.807) is 0 Å². The molecule has 2 heteroatoms. The van der Waals surface area contributed by atoms with Crippen molar-refractivity contribution in [2.75, 3.05) is 5.75 Å². The van der Waals surface area contributed by atoms with E-state index in [1.165, 1.54) is 11.3 Å². The van der Waals surface area contributed by atoms with Gasteiger partial charge in [0.25, 0.3) is 0 Å². The van der Waals surface area contributed by atoms with E-state index in [-0.39, 0.29) is 0 Å². The fraction of sp³-hybridized carbons (Fsp3) is 0.538. The number of hydrogen-bond acceptors (Lipinski definition) is 2. The Morgan fingerprint density at radius 2 is 1.93 bits per heavy atom. The van der Waals surface area contributed by atoms with E-state index in [1.807, 2.05) is 17.8 Å². The highest BCUT2D eigenvalue weighted by molar-refractivity contribution is 7.99. The zero-order chi connectivity index (χ0) is 11.1. The fourth-order valence-corrected chi connectivity index (χ4v) is 2.36. The highest BCUT2D eigenvalue weighted by atomic mass is 32.2. The third kappa shape index (κ3) is 5.24. The van der Waals surface area contributed by atoms with Crippen LogP contribution in [-0.2, 0) is 0 Å². The standard InChI is InChI=1S/C13H21NS/c1-3-11(2)9-12(14)10-15-13-7-5-4-6-8-13/h4-8,11-12H,3,9-10,14H2,1-2H3. The summed E-state index contributed by atoms with van der Waals surface area (Å²) in [4.78, 5) is 1.32. The van der Waals surface area contributed by atoms with Gasteiger partial charge in [0.15, 0.2) is 0 Å². The third-order valence-corrected chi connectivity index (χ3v) is 3.81. The van der Waals surface area contributed by atoms with Crippen LogP contribution in [0.5, 0.6) is 0 Å². The maximum Gasteiger partial charge on any atom is 0.0136 e. The maximum absolute atomic E-state index is 6.08. The number of hydrogen-bond donors (Lipinski definition) is 1. The van der Waals surface area contributed by atoms with E-state index in [9.17, 15) is 0 Å². The molecule has 0 aliphatic heterocycles. The number of rotatable bonds is 6. The van der Waals surface area contributed by atoms with Gasteiger partial charge >= 0.3 is 0 Å². The molecule has 0 heterocycles. The van der Waals surface area contributed by atoms with Crippen molar-refractivity contribution in [1.29, 1.82) is 0 Å². The molecule has 15 heavy (non-hydrogen) atoms. The van der Waals surface area contributed by atoms with Crippen LogP contribution in [-0.4, -0.2) is 11.8 Å². The molecule has 0 spiro atoms. The molecule has 0 saturated carbocycles. The van der Waals surface area contributed by atoms with Crippen LogP contribution in [0.3, 0.4) is 0 Å². The van der Waals surface area contributed by atoms with Crippen molar-refractivity contribution >= 4 is 11.8 Å². The second-order valence-corrected chi connectivity index (χ2v) is 5.23. The molecule has 0 bridgehead atoms. The van der Waals surface area contributed by atoms with Crippen LogP contribution < -0.4 is 5.73 Å². The van der Waals surface area contributed by atoms with Gasteiger partial charge in [0.1, 0.15) is 0 Å². The molecule has 1 nitrogen and oxygen atoms in total. The topological polar surface area (TPSA) is 26.0 Å². The van der Waals surface area contributed by atoms with Crippen molar-refractivity contribution in [3.8, 4) is 0 Å². The molecule has 0 radical (unpaired) electrons. The normalized spacial score (nSPS) is 14.9. The molecular formula is C13H21NS. The largest absolute Gasteiger partial charge is 0.327 e. The second-order valence-electron chi connectivity index (χ2n) is 4.13. The molecule has 84 valence electrons. The van der Waals surface area contributed by atoms with E-state index >= 15 is 0 Å². The third-order valence-electron chi connectivity index (χ3n) is 2.61. The Kier molecular flexibility index (Phi) is 5.81. The van der Waals surface area contributed by atoms with Gasteiger partial charge in [-0.25, -0.2) is 0 Å². The molecule has 2 atom stereocenters. The smallest absolute Gasteiger partial charge is 0.0136 e. The predicted molar refractivity (Wildman–Crippen MR) is 69.2 cm³/mol. The zero-order valence-electron chi connectivity index (χ0n) is 9.65. The van der Waals surface area contributed by atoms with Crippen LogP contribution in [0.2, 0.25) is 0 Å². The first-order valence-corrected chi connectivity index (χ1v) is 6.64. The molecule has 0 saturated heterocycles. The minimum Gasteiger partial charge on any atom is -0.327 e. The average molecular weight is 223 g/mol. The van der Waals surface area contributed by atoms with Gasteiger partial charge < -0.3 is 5.73 Å². The first kappa shape index (κ1) is 12.6. The maximum atomic E-state index is 6.08. The summed E-state index contributed by atoms with van der Waals surface area (Å²) >= 11 is 1.86. The molecule has 2 unspecified atom stereocenters. The lowest BCUT2D eigenvalue weighted by Gasteiger charge is -2.15. The van der Waals surface area contributed by atoms with E-state index in [0.29, 0.717) is 6.04 Å². The lowest BCUT2D eigenvalue weighted by Crippen LogP contribution is -2.25. The average Bonchev–Trinajstić information content (AvgIpc) is 2.27. The van der Waals surface area contributed by atoms with Crippen molar-refractivity contribution in [2.24, 2.45) is 11.7 Å². The Bertz CT molecular complexity index is 260. The predicted octanol–water partition coefficient (Wildman–Crippen LogP) is 3.54. The molecule has 1 aromatic rings. The van der Waals surface area contributed by atoms with Gasteiger partial charge in [-0.2, -0.15) is 0 Å². The lowest BCUT2D eigenvalue weighted by molar-refractivity contribution is 0.472. The Morgan fingerprint density at radius 1 is 1.27 bits per heavy atom. The minimum atomic E-state index is 0.324. The van der Waals surface area contributed by atoms with Gasteiger partial charge in [-0.15, -0.1) is 11.8 Å². The fourth-order valence-electron chi connectivity index (χ4n) is 1.47. The quantitative estimate of drug-likeness (QED) is 0.746. The number of thioether (sulfide) groups is 1. The molecule has 0 aliphatic rings. The van der Waals surface area contributed by atoms with Crippen molar-refractivity contribution in [1.82, 2.24) is 0 Å². The van der Waals surface area contributed by atoms with Gasteiger partial charge in [-0.05, 0) is 24.5 Å². The molecule has 1 aromatic carbocycles. The van der Waals surface area contributed by atoms with Crippen molar-refractivity contribution in [2.45, 2.75) is 37.6 Å². The van der Waals surface area contributed by atoms with Crippen LogP contribution >= 0.6 is 11.8 Å². The first-order valence-electron chi connectivity index (χ1n) is 5.65. The monoisotopic (exact) mass is 223 g/mol. The van der Waals surface area contributed by atoms with Gasteiger partial charge in [0.2, 0.25) is 0 Å². The summed E-state index contributed by atoms with van der Waals surface area (Å²) in [6.07, 6.45) is 2.36. The Balaban J connectivity index is 2.25. The Labute approximate surface area is 97.4 Å². The highest BCUT2D eigenvalue weighted by Gasteiger charge is 2.07. The number of benzene rings is 1. The van der Waals surface area contributed by atoms with Crippen LogP contribution in [0, 0.1) is 5.92 Å². The molecule has 0 amide bonds. The van der Waals surface area contributed by atoms with Crippen molar-refractivity contribution in [3.05, 3.63) is 30.3 Å². The molecule has 0 aromatic heterocycles. The van der Waals surface area contributed by atoms with E-state index in [2.05, 4.69) is 38.1 Å².